The first-order chi connectivity index (χ1) is 11.5. The van der Waals surface area contributed by atoms with Gasteiger partial charge in [-0.25, -0.2) is 0 Å². The molecule has 1 aliphatic heterocycles. The molecule has 1 aromatic carbocycles. The minimum absolute atomic E-state index is 0.357. The molecule has 3 rings (SSSR count). The van der Waals surface area contributed by atoms with Gasteiger partial charge in [0, 0.05) is 29.9 Å². The summed E-state index contributed by atoms with van der Waals surface area (Å²) in [5.41, 5.74) is 1.59. The number of fused-ring (bicyclic) bond motifs is 1. The standard InChI is InChI=1S/C17H16ClNO4S/c1-10(20)23-15-8-11-9-19(7-6-14(11)24-15)16(17(21)22)12-4-2-3-5-13(12)18/h2-5,8,16H,6-7,9H2,1H3,(H,21,22)/t16-/m1/s1. The summed E-state index contributed by atoms with van der Waals surface area (Å²) in [7, 11) is 0. The Morgan fingerprint density at radius 1 is 1.38 bits per heavy atom. The van der Waals surface area contributed by atoms with Crippen LogP contribution in [0, 0.1) is 0 Å². The van der Waals surface area contributed by atoms with Crippen LogP contribution in [-0.2, 0) is 22.6 Å². The number of halogens is 1. The van der Waals surface area contributed by atoms with Gasteiger partial charge >= 0.3 is 11.9 Å². The van der Waals surface area contributed by atoms with Gasteiger partial charge in [-0.15, -0.1) is 11.3 Å². The molecule has 0 spiro atoms. The maximum absolute atomic E-state index is 11.8. The lowest BCUT2D eigenvalue weighted by Crippen LogP contribution is -2.37. The molecule has 0 fully saturated rings. The first-order valence-corrected chi connectivity index (χ1v) is 8.66. The van der Waals surface area contributed by atoms with Crippen LogP contribution in [0.1, 0.15) is 29.0 Å². The van der Waals surface area contributed by atoms with Gasteiger partial charge in [-0.1, -0.05) is 29.8 Å². The molecule has 1 aliphatic rings. The number of aliphatic carboxylic acids is 1. The SMILES string of the molecule is CC(=O)Oc1cc2c(s1)CCN([C@@H](C(=O)O)c1ccccc1Cl)C2. The van der Waals surface area contributed by atoms with Crippen molar-refractivity contribution in [3.8, 4) is 5.06 Å². The normalized spacial score (nSPS) is 15.6. The van der Waals surface area contributed by atoms with Gasteiger partial charge in [-0.3, -0.25) is 14.5 Å². The second kappa shape index (κ2) is 6.93. The molecule has 126 valence electrons. The first-order valence-electron chi connectivity index (χ1n) is 7.47. The van der Waals surface area contributed by atoms with Crippen molar-refractivity contribution >= 4 is 34.9 Å². The minimum atomic E-state index is -0.929. The molecule has 24 heavy (non-hydrogen) atoms. The van der Waals surface area contributed by atoms with E-state index < -0.39 is 12.0 Å². The highest BCUT2D eigenvalue weighted by atomic mass is 35.5. The highest BCUT2D eigenvalue weighted by molar-refractivity contribution is 7.14. The van der Waals surface area contributed by atoms with Crippen LogP contribution in [0.4, 0.5) is 0 Å². The van der Waals surface area contributed by atoms with Crippen molar-refractivity contribution in [3.05, 3.63) is 51.4 Å². The van der Waals surface area contributed by atoms with Crippen molar-refractivity contribution in [1.29, 1.82) is 0 Å². The minimum Gasteiger partial charge on any atom is -0.480 e. The Morgan fingerprint density at radius 2 is 2.12 bits per heavy atom. The summed E-state index contributed by atoms with van der Waals surface area (Å²) < 4.78 is 5.14. The fraction of sp³-hybridized carbons (Fsp3) is 0.294. The number of hydrogen-bond donors (Lipinski definition) is 1. The molecule has 1 N–H and O–H groups in total. The number of nitrogens with zero attached hydrogens (tertiary/aromatic N) is 1. The first kappa shape index (κ1) is 17.0. The van der Waals surface area contributed by atoms with Gasteiger partial charge in [-0.2, -0.15) is 0 Å². The van der Waals surface area contributed by atoms with Gasteiger partial charge in [0.2, 0.25) is 0 Å². The van der Waals surface area contributed by atoms with E-state index in [1.165, 1.54) is 18.3 Å². The molecule has 1 atom stereocenters. The number of ether oxygens (including phenoxy) is 1. The van der Waals surface area contributed by atoms with E-state index >= 15 is 0 Å². The van der Waals surface area contributed by atoms with E-state index in [1.54, 1.807) is 24.3 Å². The monoisotopic (exact) mass is 365 g/mol. The summed E-state index contributed by atoms with van der Waals surface area (Å²) in [6.07, 6.45) is 0.718. The highest BCUT2D eigenvalue weighted by Gasteiger charge is 2.32. The predicted octanol–water partition coefficient (Wildman–Crippen LogP) is 3.51. The van der Waals surface area contributed by atoms with Crippen molar-refractivity contribution < 1.29 is 19.4 Å². The summed E-state index contributed by atoms with van der Waals surface area (Å²) in [6, 6.07) is 8.03. The van der Waals surface area contributed by atoms with Crippen LogP contribution >= 0.6 is 22.9 Å². The average molecular weight is 366 g/mol. The predicted molar refractivity (Wildman–Crippen MR) is 91.6 cm³/mol. The molecule has 2 aromatic rings. The Kier molecular flexibility index (Phi) is 4.89. The van der Waals surface area contributed by atoms with Gasteiger partial charge in [0.25, 0.3) is 0 Å². The van der Waals surface area contributed by atoms with E-state index in [2.05, 4.69) is 0 Å². The second-order valence-corrected chi connectivity index (χ2v) is 7.10. The van der Waals surface area contributed by atoms with Crippen LogP contribution in [0.2, 0.25) is 5.02 Å². The lowest BCUT2D eigenvalue weighted by atomic mass is 10.0. The zero-order chi connectivity index (χ0) is 17.3. The van der Waals surface area contributed by atoms with Gasteiger partial charge < -0.3 is 9.84 Å². The number of carbonyl (C=O) groups is 2. The van der Waals surface area contributed by atoms with Crippen LogP contribution in [-0.4, -0.2) is 28.5 Å². The number of carboxylic acids is 1. The molecule has 5 nitrogen and oxygen atoms in total. The van der Waals surface area contributed by atoms with Gasteiger partial charge in [0.1, 0.15) is 6.04 Å². The largest absolute Gasteiger partial charge is 0.480 e. The van der Waals surface area contributed by atoms with Crippen molar-refractivity contribution in [1.82, 2.24) is 4.90 Å². The molecule has 7 heteroatoms. The van der Waals surface area contributed by atoms with Crippen LogP contribution in [0.25, 0.3) is 0 Å². The highest BCUT2D eigenvalue weighted by Crippen LogP contribution is 2.37. The topological polar surface area (TPSA) is 66.8 Å². The number of hydrogen-bond acceptors (Lipinski definition) is 5. The average Bonchev–Trinajstić information content (AvgIpc) is 2.89. The molecular formula is C17H16ClNO4S. The van der Waals surface area contributed by atoms with E-state index in [1.807, 2.05) is 11.0 Å². The molecule has 2 heterocycles. The summed E-state index contributed by atoms with van der Waals surface area (Å²) in [5, 5.41) is 10.7. The van der Waals surface area contributed by atoms with Crippen molar-refractivity contribution in [2.45, 2.75) is 25.9 Å². The van der Waals surface area contributed by atoms with Crippen LogP contribution < -0.4 is 4.74 Å². The molecule has 0 aliphatic carbocycles. The van der Waals surface area contributed by atoms with E-state index in [0.717, 1.165) is 16.9 Å². The smallest absolute Gasteiger partial charge is 0.325 e. The Hall–Kier alpha value is -1.89. The fourth-order valence-electron chi connectivity index (χ4n) is 2.92. The Morgan fingerprint density at radius 3 is 2.79 bits per heavy atom. The van der Waals surface area contributed by atoms with Gasteiger partial charge in [-0.05, 0) is 29.7 Å². The Balaban J connectivity index is 1.87. The van der Waals surface area contributed by atoms with Crippen LogP contribution in [0.15, 0.2) is 30.3 Å². The molecule has 0 saturated carbocycles. The number of rotatable bonds is 4. The summed E-state index contributed by atoms with van der Waals surface area (Å²) in [4.78, 5) is 26.0. The molecule has 0 radical (unpaired) electrons. The molecule has 0 amide bonds. The number of esters is 1. The van der Waals surface area contributed by atoms with E-state index in [-0.39, 0.29) is 5.97 Å². The molecule has 0 unspecified atom stereocenters. The maximum atomic E-state index is 11.8. The van der Waals surface area contributed by atoms with Crippen molar-refractivity contribution in [2.75, 3.05) is 6.54 Å². The van der Waals surface area contributed by atoms with Crippen LogP contribution in [0.3, 0.4) is 0 Å². The van der Waals surface area contributed by atoms with Crippen LogP contribution in [0.5, 0.6) is 5.06 Å². The van der Waals surface area contributed by atoms with E-state index in [4.69, 9.17) is 16.3 Å². The quantitative estimate of drug-likeness (QED) is 0.840. The zero-order valence-corrected chi connectivity index (χ0v) is 14.6. The lowest BCUT2D eigenvalue weighted by Gasteiger charge is -2.32. The second-order valence-electron chi connectivity index (χ2n) is 5.59. The summed E-state index contributed by atoms with van der Waals surface area (Å²) in [5.74, 6) is -1.29. The molecule has 0 saturated heterocycles. The van der Waals surface area contributed by atoms with Crippen molar-refractivity contribution in [2.24, 2.45) is 0 Å². The molecular weight excluding hydrogens is 350 g/mol. The summed E-state index contributed by atoms with van der Waals surface area (Å²) in [6.45, 7) is 2.45. The number of benzene rings is 1. The third-order valence-electron chi connectivity index (χ3n) is 3.92. The summed E-state index contributed by atoms with van der Waals surface area (Å²) >= 11 is 7.64. The Bertz CT molecular complexity index is 789. The zero-order valence-electron chi connectivity index (χ0n) is 13.0. The molecule has 0 bridgehead atoms. The lowest BCUT2D eigenvalue weighted by molar-refractivity contribution is -0.144. The third-order valence-corrected chi connectivity index (χ3v) is 5.38. The number of carboxylic acid groups (broad SMARTS) is 1. The van der Waals surface area contributed by atoms with E-state index in [9.17, 15) is 14.7 Å². The third kappa shape index (κ3) is 3.45. The maximum Gasteiger partial charge on any atom is 0.325 e. The van der Waals surface area contributed by atoms with E-state index in [0.29, 0.717) is 28.7 Å². The van der Waals surface area contributed by atoms with Crippen molar-refractivity contribution in [3.63, 3.8) is 0 Å². The number of thiophene rings is 1. The van der Waals surface area contributed by atoms with Gasteiger partial charge in [0.15, 0.2) is 5.06 Å². The fourth-order valence-corrected chi connectivity index (χ4v) is 4.21. The number of carbonyl (C=O) groups excluding carboxylic acids is 1. The van der Waals surface area contributed by atoms with Gasteiger partial charge in [0.05, 0.1) is 0 Å². The molecule has 1 aromatic heterocycles. The Labute approximate surface area is 148 Å².